The summed E-state index contributed by atoms with van der Waals surface area (Å²) in [6, 6.07) is 23.4. The van der Waals surface area contributed by atoms with Crippen molar-refractivity contribution >= 4 is 34.3 Å². The summed E-state index contributed by atoms with van der Waals surface area (Å²) in [6.45, 7) is 8.05. The largest absolute Gasteiger partial charge is 0.371 e. The van der Waals surface area contributed by atoms with Crippen LogP contribution in [0.5, 0.6) is 0 Å². The van der Waals surface area contributed by atoms with Gasteiger partial charge in [-0.1, -0.05) is 77.6 Å². The predicted molar refractivity (Wildman–Crippen MR) is 154 cm³/mol. The molecule has 3 unspecified atom stereocenters. The molecule has 6 nitrogen and oxygen atoms in total. The van der Waals surface area contributed by atoms with Crippen molar-refractivity contribution in [2.45, 2.75) is 63.1 Å². The van der Waals surface area contributed by atoms with Gasteiger partial charge >= 0.3 is 0 Å². The van der Waals surface area contributed by atoms with Gasteiger partial charge in [0.1, 0.15) is 14.2 Å². The molecule has 3 fully saturated rings. The van der Waals surface area contributed by atoms with Gasteiger partial charge in [0, 0.05) is 25.7 Å². The molecule has 0 saturated carbocycles. The highest BCUT2D eigenvalue weighted by molar-refractivity contribution is 7.61. The number of hydrogen-bond donors (Lipinski definition) is 0. The van der Waals surface area contributed by atoms with Gasteiger partial charge in [-0.05, 0) is 37.7 Å². The third kappa shape index (κ3) is 6.21. The van der Waals surface area contributed by atoms with Crippen LogP contribution in [-0.4, -0.2) is 63.5 Å². The second-order valence-corrected chi connectivity index (χ2v) is 18.5. The maximum Gasteiger partial charge on any atom is 0.259 e. The van der Waals surface area contributed by atoms with E-state index in [1.807, 2.05) is 13.0 Å². The number of ether oxygens (including phenoxy) is 1. The molecular weight excluding hydrogens is 520 g/mol. The Bertz CT molecular complexity index is 1060. The standard InChI is InChI=1S/C28H39NO5P2Si/c1-4-32-36(2,30)21-18-26-27(17-20-31-26)33-35-29-19-11-16-25(29)28(34-35)22-37(3,23-12-7-5-8-13-23)24-14-9-6-10-15-24/h5-10,12-15,18,21,25-28H,4,11,16-17,19-20,22H2,1-3H3/b21-18+/t25-,26+,27?,28+,35?,36?/m0/s1. The first kappa shape index (κ1) is 27.4. The first-order valence-electron chi connectivity index (χ1n) is 13.4. The molecule has 6 atom stereocenters. The van der Waals surface area contributed by atoms with Gasteiger partial charge in [0.25, 0.3) is 8.53 Å². The normalized spacial score (nSPS) is 30.1. The minimum Gasteiger partial charge on any atom is -0.371 e. The summed E-state index contributed by atoms with van der Waals surface area (Å²) in [5, 5.41) is 2.89. The van der Waals surface area contributed by atoms with Gasteiger partial charge < -0.3 is 18.3 Å². The molecule has 0 aliphatic carbocycles. The Hall–Kier alpha value is -1.14. The van der Waals surface area contributed by atoms with Crippen LogP contribution in [0, 0.1) is 0 Å². The van der Waals surface area contributed by atoms with Gasteiger partial charge in [-0.3, -0.25) is 4.57 Å². The summed E-state index contributed by atoms with van der Waals surface area (Å²) in [5.74, 6) is 1.67. The lowest BCUT2D eigenvalue weighted by Crippen LogP contribution is -2.58. The van der Waals surface area contributed by atoms with Crippen LogP contribution < -0.4 is 10.4 Å². The Morgan fingerprint density at radius 2 is 1.78 bits per heavy atom. The fourth-order valence-electron chi connectivity index (χ4n) is 5.82. The summed E-state index contributed by atoms with van der Waals surface area (Å²) in [7, 11) is -5.96. The molecule has 2 aromatic carbocycles. The van der Waals surface area contributed by atoms with E-state index in [0.29, 0.717) is 19.3 Å². The van der Waals surface area contributed by atoms with Crippen LogP contribution in [0.15, 0.2) is 72.6 Å². The van der Waals surface area contributed by atoms with Gasteiger partial charge in [-0.15, -0.1) is 0 Å². The highest BCUT2D eigenvalue weighted by Gasteiger charge is 2.51. The van der Waals surface area contributed by atoms with E-state index in [4.69, 9.17) is 18.3 Å². The topological polar surface area (TPSA) is 57.2 Å². The Morgan fingerprint density at radius 3 is 2.43 bits per heavy atom. The van der Waals surface area contributed by atoms with Crippen LogP contribution in [0.4, 0.5) is 0 Å². The molecule has 0 aromatic heterocycles. The highest BCUT2D eigenvalue weighted by atomic mass is 31.2. The summed E-state index contributed by atoms with van der Waals surface area (Å²) in [5.41, 5.74) is 0. The van der Waals surface area contributed by atoms with Crippen molar-refractivity contribution in [3.8, 4) is 0 Å². The van der Waals surface area contributed by atoms with E-state index in [1.54, 1.807) is 12.5 Å². The number of rotatable bonds is 10. The number of fused-ring (bicyclic) bond motifs is 1. The molecule has 2 aromatic rings. The SMILES string of the molecule is CCOP(C)(=O)/C=C/[C@H]1OCCC1OP1O[C@H](C[Si](C)(c2ccccc2)c2ccccc2)[C@@H]2CCCN21. The van der Waals surface area contributed by atoms with E-state index in [1.165, 1.54) is 16.8 Å². The van der Waals surface area contributed by atoms with E-state index in [0.717, 1.165) is 25.4 Å². The smallest absolute Gasteiger partial charge is 0.259 e. The van der Waals surface area contributed by atoms with E-state index in [9.17, 15) is 4.57 Å². The fraction of sp³-hybridized carbons (Fsp3) is 0.500. The first-order valence-corrected chi connectivity index (χ1v) is 19.4. The van der Waals surface area contributed by atoms with Crippen LogP contribution in [0.1, 0.15) is 26.2 Å². The second kappa shape index (κ2) is 11.9. The van der Waals surface area contributed by atoms with Crippen LogP contribution in [0.3, 0.4) is 0 Å². The lowest BCUT2D eigenvalue weighted by Gasteiger charge is -2.32. The van der Waals surface area contributed by atoms with Crippen molar-refractivity contribution < 1.29 is 22.9 Å². The molecule has 0 N–H and O–H groups in total. The summed E-state index contributed by atoms with van der Waals surface area (Å²) >= 11 is 0. The minimum absolute atomic E-state index is 0.101. The molecule has 5 rings (SSSR count). The third-order valence-corrected chi connectivity index (χ3v) is 15.5. The van der Waals surface area contributed by atoms with Gasteiger partial charge in [0.2, 0.25) is 7.37 Å². The van der Waals surface area contributed by atoms with E-state index in [2.05, 4.69) is 71.9 Å². The van der Waals surface area contributed by atoms with Crippen LogP contribution in [0.2, 0.25) is 12.6 Å². The van der Waals surface area contributed by atoms with Crippen LogP contribution in [-0.2, 0) is 22.9 Å². The van der Waals surface area contributed by atoms with E-state index >= 15 is 0 Å². The quantitative estimate of drug-likeness (QED) is 0.279. The molecule has 200 valence electrons. The highest BCUT2D eigenvalue weighted by Crippen LogP contribution is 2.58. The molecule has 0 spiro atoms. The number of hydrogen-bond acceptors (Lipinski definition) is 6. The maximum absolute atomic E-state index is 12.6. The average Bonchev–Trinajstić information content (AvgIpc) is 3.63. The maximum atomic E-state index is 12.6. The van der Waals surface area contributed by atoms with Crippen molar-refractivity contribution in [2.24, 2.45) is 0 Å². The Labute approximate surface area is 223 Å². The first-order chi connectivity index (χ1) is 17.9. The van der Waals surface area contributed by atoms with Crippen molar-refractivity contribution in [1.82, 2.24) is 4.67 Å². The molecule has 0 bridgehead atoms. The zero-order chi connectivity index (χ0) is 25.9. The van der Waals surface area contributed by atoms with Crippen molar-refractivity contribution in [3.63, 3.8) is 0 Å². The molecule has 37 heavy (non-hydrogen) atoms. The van der Waals surface area contributed by atoms with Crippen LogP contribution >= 0.6 is 15.9 Å². The van der Waals surface area contributed by atoms with Crippen molar-refractivity contribution in [3.05, 3.63) is 72.6 Å². The second-order valence-electron chi connectivity index (χ2n) is 10.5. The van der Waals surface area contributed by atoms with Gasteiger partial charge in [0.05, 0.1) is 25.4 Å². The molecule has 3 aliphatic heterocycles. The van der Waals surface area contributed by atoms with E-state index in [-0.39, 0.29) is 18.3 Å². The average molecular weight is 560 g/mol. The molecule has 3 saturated heterocycles. The lowest BCUT2D eigenvalue weighted by molar-refractivity contribution is 0.0810. The number of benzene rings is 2. The molecule has 0 radical (unpaired) electrons. The molecule has 0 amide bonds. The molecule has 3 heterocycles. The van der Waals surface area contributed by atoms with Gasteiger partial charge in [0.15, 0.2) is 0 Å². The third-order valence-electron chi connectivity index (χ3n) is 7.80. The van der Waals surface area contributed by atoms with Crippen LogP contribution in [0.25, 0.3) is 0 Å². The summed E-state index contributed by atoms with van der Waals surface area (Å²) in [6.07, 6.45) is 4.83. The monoisotopic (exact) mass is 559 g/mol. The lowest BCUT2D eigenvalue weighted by atomic mass is 10.1. The Morgan fingerprint density at radius 1 is 1.11 bits per heavy atom. The Balaban J connectivity index is 1.33. The molecule has 9 heteroatoms. The zero-order valence-corrected chi connectivity index (χ0v) is 24.9. The van der Waals surface area contributed by atoms with Crippen molar-refractivity contribution in [1.29, 1.82) is 0 Å². The molecular formula is C28H39NO5P2Si. The minimum atomic E-state index is -2.77. The Kier molecular flexibility index (Phi) is 8.85. The van der Waals surface area contributed by atoms with E-state index < -0.39 is 24.0 Å². The zero-order valence-electron chi connectivity index (χ0n) is 22.1. The van der Waals surface area contributed by atoms with Gasteiger partial charge in [-0.2, -0.15) is 0 Å². The fourth-order valence-corrected chi connectivity index (χ4v) is 12.9. The summed E-state index contributed by atoms with van der Waals surface area (Å²) in [4.78, 5) is 0. The summed E-state index contributed by atoms with van der Waals surface area (Å²) < 4.78 is 39.8. The van der Waals surface area contributed by atoms with Crippen molar-refractivity contribution in [2.75, 3.05) is 26.4 Å². The van der Waals surface area contributed by atoms with Gasteiger partial charge in [-0.25, -0.2) is 4.67 Å². The predicted octanol–water partition coefficient (Wildman–Crippen LogP) is 5.60. The molecule has 3 aliphatic rings. The number of nitrogens with zero attached hydrogens (tertiary/aromatic N) is 1.